The van der Waals surface area contributed by atoms with E-state index in [0.717, 1.165) is 10.9 Å². The van der Waals surface area contributed by atoms with Crippen LogP contribution in [0.2, 0.25) is 0 Å². The molecule has 1 saturated heterocycles. The maximum Gasteiger partial charge on any atom is 0.320 e. The topological polar surface area (TPSA) is 91.6 Å². The molecule has 1 amide bonds. The maximum atomic E-state index is 12.5. The quantitative estimate of drug-likeness (QED) is 0.852. The number of benzene rings is 1. The number of carbonyl (C=O) groups is 2. The highest BCUT2D eigenvalue weighted by Crippen LogP contribution is 2.17. The Morgan fingerprint density at radius 3 is 2.62 bits per heavy atom. The first kappa shape index (κ1) is 16.2. The highest BCUT2D eigenvalue weighted by molar-refractivity contribution is 5.97. The number of para-hydroxylation sites is 1. The molecule has 2 heterocycles. The molecule has 24 heavy (non-hydrogen) atoms. The fourth-order valence-electron chi connectivity index (χ4n) is 3.24. The van der Waals surface area contributed by atoms with Gasteiger partial charge >= 0.3 is 5.97 Å². The van der Waals surface area contributed by atoms with Gasteiger partial charge in [-0.05, 0) is 31.0 Å². The lowest BCUT2D eigenvalue weighted by Gasteiger charge is -2.14. The van der Waals surface area contributed by atoms with Crippen molar-refractivity contribution in [1.29, 1.82) is 0 Å². The van der Waals surface area contributed by atoms with E-state index in [-0.39, 0.29) is 17.2 Å². The van der Waals surface area contributed by atoms with Crippen molar-refractivity contribution in [1.82, 2.24) is 14.8 Å². The Morgan fingerprint density at radius 2 is 1.96 bits per heavy atom. The zero-order valence-corrected chi connectivity index (χ0v) is 13.5. The van der Waals surface area contributed by atoms with Crippen LogP contribution in [-0.2, 0) is 11.8 Å². The van der Waals surface area contributed by atoms with E-state index in [9.17, 15) is 14.4 Å². The summed E-state index contributed by atoms with van der Waals surface area (Å²) in [6, 6.07) is 8.02. The number of hydrogen-bond donors (Lipinski definition) is 2. The molecule has 1 aliphatic rings. The van der Waals surface area contributed by atoms with Gasteiger partial charge in [0, 0.05) is 19.6 Å². The first-order valence-corrected chi connectivity index (χ1v) is 7.71. The SMILES string of the molecule is CN1C[C@H](NC(=O)c2cc3ccccc3n(C)c2=O)C[C@H]1C(=O)O. The van der Waals surface area contributed by atoms with E-state index in [0.29, 0.717) is 13.0 Å². The number of pyridine rings is 1. The number of likely N-dealkylation sites (tertiary alicyclic amines) is 1. The lowest BCUT2D eigenvalue weighted by atomic mass is 10.1. The predicted molar refractivity (Wildman–Crippen MR) is 89.1 cm³/mol. The van der Waals surface area contributed by atoms with Crippen LogP contribution in [-0.4, -0.2) is 52.1 Å². The maximum absolute atomic E-state index is 12.5. The predicted octanol–water partition coefficient (Wildman–Crippen LogP) is 0.426. The Labute approximate surface area is 138 Å². The summed E-state index contributed by atoms with van der Waals surface area (Å²) >= 11 is 0. The fraction of sp³-hybridized carbons (Fsp3) is 0.353. The van der Waals surface area contributed by atoms with Crippen molar-refractivity contribution in [2.75, 3.05) is 13.6 Å². The zero-order chi connectivity index (χ0) is 17.4. The van der Waals surface area contributed by atoms with E-state index in [1.807, 2.05) is 24.3 Å². The minimum atomic E-state index is -0.907. The number of nitrogens with one attached hydrogen (secondary N) is 1. The summed E-state index contributed by atoms with van der Waals surface area (Å²) in [5.74, 6) is -1.37. The van der Waals surface area contributed by atoms with Crippen LogP contribution in [0.4, 0.5) is 0 Å². The van der Waals surface area contributed by atoms with Crippen LogP contribution in [0.15, 0.2) is 35.1 Å². The summed E-state index contributed by atoms with van der Waals surface area (Å²) in [6.45, 7) is 0.441. The molecule has 126 valence electrons. The summed E-state index contributed by atoms with van der Waals surface area (Å²) in [5, 5.41) is 12.7. The van der Waals surface area contributed by atoms with Crippen LogP contribution >= 0.6 is 0 Å². The number of aliphatic carboxylic acids is 1. The second-order valence-electron chi connectivity index (χ2n) is 6.18. The molecule has 7 heteroatoms. The number of hydrogen-bond acceptors (Lipinski definition) is 4. The lowest BCUT2D eigenvalue weighted by molar-refractivity contribution is -0.141. The zero-order valence-electron chi connectivity index (χ0n) is 13.5. The van der Waals surface area contributed by atoms with Crippen molar-refractivity contribution >= 4 is 22.8 Å². The minimum Gasteiger partial charge on any atom is -0.480 e. The highest BCUT2D eigenvalue weighted by Gasteiger charge is 2.35. The normalized spacial score (nSPS) is 21.1. The van der Waals surface area contributed by atoms with Gasteiger partial charge in [-0.3, -0.25) is 19.3 Å². The van der Waals surface area contributed by atoms with Crippen LogP contribution < -0.4 is 10.9 Å². The molecule has 2 N–H and O–H groups in total. The summed E-state index contributed by atoms with van der Waals surface area (Å²) in [7, 11) is 3.34. The highest BCUT2D eigenvalue weighted by atomic mass is 16.4. The van der Waals surface area contributed by atoms with Gasteiger partial charge in [-0.1, -0.05) is 18.2 Å². The molecule has 3 rings (SSSR count). The smallest absolute Gasteiger partial charge is 0.320 e. The molecule has 0 radical (unpaired) electrons. The average Bonchev–Trinajstić information content (AvgIpc) is 2.91. The largest absolute Gasteiger partial charge is 0.480 e. The second-order valence-corrected chi connectivity index (χ2v) is 6.18. The molecule has 1 aromatic heterocycles. The van der Waals surface area contributed by atoms with Gasteiger partial charge in [-0.25, -0.2) is 0 Å². The molecular formula is C17H19N3O4. The number of carboxylic acid groups (broad SMARTS) is 1. The van der Waals surface area contributed by atoms with Crippen molar-refractivity contribution in [3.05, 3.63) is 46.2 Å². The van der Waals surface area contributed by atoms with Gasteiger partial charge in [0.05, 0.1) is 5.52 Å². The Hall–Kier alpha value is -2.67. The van der Waals surface area contributed by atoms with Crippen LogP contribution in [0.3, 0.4) is 0 Å². The third-order valence-corrected chi connectivity index (χ3v) is 4.55. The van der Waals surface area contributed by atoms with Crippen LogP contribution in [0.1, 0.15) is 16.8 Å². The van der Waals surface area contributed by atoms with Gasteiger partial charge in [0.15, 0.2) is 0 Å². The van der Waals surface area contributed by atoms with Crippen molar-refractivity contribution < 1.29 is 14.7 Å². The van der Waals surface area contributed by atoms with E-state index in [1.165, 1.54) is 4.57 Å². The van der Waals surface area contributed by atoms with Gasteiger partial charge in [0.1, 0.15) is 11.6 Å². The summed E-state index contributed by atoms with van der Waals surface area (Å²) < 4.78 is 1.45. The molecule has 7 nitrogen and oxygen atoms in total. The number of rotatable bonds is 3. The number of aryl methyl sites for hydroxylation is 1. The van der Waals surface area contributed by atoms with Crippen molar-refractivity contribution in [3.8, 4) is 0 Å². The van der Waals surface area contributed by atoms with E-state index >= 15 is 0 Å². The lowest BCUT2D eigenvalue weighted by Crippen LogP contribution is -2.39. The van der Waals surface area contributed by atoms with Gasteiger partial charge in [-0.2, -0.15) is 0 Å². The minimum absolute atomic E-state index is 0.0672. The van der Waals surface area contributed by atoms with Crippen molar-refractivity contribution in [2.24, 2.45) is 7.05 Å². The third-order valence-electron chi connectivity index (χ3n) is 4.55. The Kier molecular flexibility index (Phi) is 4.11. The average molecular weight is 329 g/mol. The third kappa shape index (κ3) is 2.78. The van der Waals surface area contributed by atoms with Crippen LogP contribution in [0.5, 0.6) is 0 Å². The van der Waals surface area contributed by atoms with E-state index in [4.69, 9.17) is 5.11 Å². The van der Waals surface area contributed by atoms with Crippen LogP contribution in [0, 0.1) is 0 Å². The Bertz CT molecular complexity index is 874. The monoisotopic (exact) mass is 329 g/mol. The molecule has 0 saturated carbocycles. The number of amides is 1. The standard InChI is InChI=1S/C17H19N3O4/c1-19-9-11(8-14(19)17(23)24)18-15(21)12-7-10-5-3-4-6-13(10)20(2)16(12)22/h3-7,11,14H,8-9H2,1-2H3,(H,18,21)(H,23,24)/t11-,14+/m1/s1. The molecule has 1 fully saturated rings. The number of carbonyl (C=O) groups excluding carboxylic acids is 1. The molecule has 2 aromatic rings. The molecule has 1 aromatic carbocycles. The van der Waals surface area contributed by atoms with E-state index in [2.05, 4.69) is 5.32 Å². The number of nitrogens with zero attached hydrogens (tertiary/aromatic N) is 2. The Balaban J connectivity index is 1.86. The van der Waals surface area contributed by atoms with Gasteiger partial charge < -0.3 is 15.0 Å². The number of fused-ring (bicyclic) bond motifs is 1. The molecule has 0 spiro atoms. The molecule has 0 bridgehead atoms. The molecule has 0 aliphatic carbocycles. The van der Waals surface area contributed by atoms with Gasteiger partial charge in [0.25, 0.3) is 11.5 Å². The Morgan fingerprint density at radius 1 is 1.25 bits per heavy atom. The molecule has 2 atom stereocenters. The number of likely N-dealkylation sites (N-methyl/N-ethyl adjacent to an activating group) is 1. The number of carboxylic acids is 1. The number of aromatic nitrogens is 1. The molecular weight excluding hydrogens is 310 g/mol. The van der Waals surface area contributed by atoms with Gasteiger partial charge in [-0.15, -0.1) is 0 Å². The molecule has 1 aliphatic heterocycles. The first-order chi connectivity index (χ1) is 11.4. The van der Waals surface area contributed by atoms with Gasteiger partial charge in [0.2, 0.25) is 0 Å². The summed E-state index contributed by atoms with van der Waals surface area (Å²) in [4.78, 5) is 37.8. The van der Waals surface area contributed by atoms with Crippen molar-refractivity contribution in [2.45, 2.75) is 18.5 Å². The second kappa shape index (κ2) is 6.09. The van der Waals surface area contributed by atoms with Crippen molar-refractivity contribution in [3.63, 3.8) is 0 Å². The van der Waals surface area contributed by atoms with E-state index in [1.54, 1.807) is 25.1 Å². The summed E-state index contributed by atoms with van der Waals surface area (Å²) in [5.41, 5.74) is 0.454. The summed E-state index contributed by atoms with van der Waals surface area (Å²) in [6.07, 6.45) is 0.325. The van der Waals surface area contributed by atoms with Crippen LogP contribution in [0.25, 0.3) is 10.9 Å². The molecule has 0 unspecified atom stereocenters. The first-order valence-electron chi connectivity index (χ1n) is 7.71. The fourth-order valence-corrected chi connectivity index (χ4v) is 3.24. The van der Waals surface area contributed by atoms with E-state index < -0.39 is 17.9 Å².